The van der Waals surface area contributed by atoms with Crippen molar-refractivity contribution in [2.24, 2.45) is 0 Å². The lowest BCUT2D eigenvalue weighted by Crippen LogP contribution is -2.39. The minimum absolute atomic E-state index is 0.0679. The molecule has 0 saturated carbocycles. The molecule has 0 fully saturated rings. The summed E-state index contributed by atoms with van der Waals surface area (Å²) in [6, 6.07) is 9.67. The fraction of sp³-hybridized carbons (Fsp3) is 0.308. The van der Waals surface area contributed by atoms with E-state index >= 15 is 0 Å². The average Bonchev–Trinajstić information content (AvgIpc) is 2.88. The number of amides is 1. The van der Waals surface area contributed by atoms with E-state index in [1.165, 1.54) is 6.42 Å². The van der Waals surface area contributed by atoms with E-state index < -0.39 is 0 Å². The summed E-state index contributed by atoms with van der Waals surface area (Å²) < 4.78 is 0. The Hall–Kier alpha value is -1.97. The molecule has 1 amide bonds. The molecule has 0 atom stereocenters. The van der Waals surface area contributed by atoms with E-state index in [0.29, 0.717) is 0 Å². The molecule has 17 heavy (non-hydrogen) atoms. The van der Waals surface area contributed by atoms with E-state index in [1.54, 1.807) is 0 Å². The van der Waals surface area contributed by atoms with Crippen LogP contribution in [0.1, 0.15) is 19.3 Å². The summed E-state index contributed by atoms with van der Waals surface area (Å²) in [6.45, 7) is 0.268. The summed E-state index contributed by atoms with van der Waals surface area (Å²) in [6.07, 6.45) is 5.40. The van der Waals surface area contributed by atoms with Gasteiger partial charge in [0.15, 0.2) is 0 Å². The van der Waals surface area contributed by atoms with Gasteiger partial charge >= 0.3 is 0 Å². The van der Waals surface area contributed by atoms with Crippen LogP contribution >= 0.6 is 0 Å². The van der Waals surface area contributed by atoms with Gasteiger partial charge in [0.2, 0.25) is 0 Å². The van der Waals surface area contributed by atoms with Gasteiger partial charge in [0, 0.05) is 11.4 Å². The summed E-state index contributed by atoms with van der Waals surface area (Å²) in [5.74, 6) is -0.0679. The van der Waals surface area contributed by atoms with Crippen molar-refractivity contribution in [1.82, 2.24) is 10.9 Å². The van der Waals surface area contributed by atoms with E-state index in [9.17, 15) is 4.79 Å². The van der Waals surface area contributed by atoms with Gasteiger partial charge in [-0.2, -0.15) is 0 Å². The van der Waals surface area contributed by atoms with Gasteiger partial charge in [-0.3, -0.25) is 10.2 Å². The Balaban J connectivity index is 1.67. The Labute approximate surface area is 101 Å². The number of carbonyl (C=O) groups excluding carboxylic acids is 1. The Morgan fingerprint density at radius 1 is 1.24 bits per heavy atom. The van der Waals surface area contributed by atoms with Gasteiger partial charge in [-0.05, 0) is 31.4 Å². The smallest absolute Gasteiger partial charge is 0.257 e. The van der Waals surface area contributed by atoms with Crippen molar-refractivity contribution < 1.29 is 4.79 Å². The van der Waals surface area contributed by atoms with Crippen molar-refractivity contribution >= 4 is 11.6 Å². The molecule has 0 saturated heterocycles. The first-order chi connectivity index (χ1) is 8.34. The van der Waals surface area contributed by atoms with Crippen molar-refractivity contribution in [2.45, 2.75) is 19.3 Å². The molecule has 90 valence electrons. The van der Waals surface area contributed by atoms with Crippen molar-refractivity contribution in [3.63, 3.8) is 0 Å². The van der Waals surface area contributed by atoms with Crippen LogP contribution in [0.5, 0.6) is 0 Å². The highest BCUT2D eigenvalue weighted by atomic mass is 16.2. The maximum absolute atomic E-state index is 11.5. The molecule has 1 aliphatic carbocycles. The van der Waals surface area contributed by atoms with E-state index in [4.69, 9.17) is 0 Å². The Bertz CT molecular complexity index is 400. The minimum atomic E-state index is -0.0679. The molecule has 0 unspecified atom stereocenters. The summed E-state index contributed by atoms with van der Waals surface area (Å²) >= 11 is 0. The fourth-order valence-electron chi connectivity index (χ4n) is 1.72. The number of allylic oxidation sites excluding steroid dienone is 2. The minimum Gasteiger partial charge on any atom is -0.376 e. The molecular formula is C13H17N3O. The van der Waals surface area contributed by atoms with Crippen LogP contribution in [-0.4, -0.2) is 12.5 Å². The van der Waals surface area contributed by atoms with E-state index in [2.05, 4.69) is 22.2 Å². The highest BCUT2D eigenvalue weighted by Gasteiger charge is 2.05. The van der Waals surface area contributed by atoms with Crippen LogP contribution in [-0.2, 0) is 4.79 Å². The number of carbonyl (C=O) groups is 1. The summed E-state index contributed by atoms with van der Waals surface area (Å²) in [4.78, 5) is 11.5. The van der Waals surface area contributed by atoms with Crippen molar-refractivity contribution in [1.29, 1.82) is 0 Å². The largest absolute Gasteiger partial charge is 0.376 e. The van der Waals surface area contributed by atoms with E-state index in [1.807, 2.05) is 30.3 Å². The first kappa shape index (κ1) is 11.5. The molecule has 0 heterocycles. The molecule has 2 rings (SSSR count). The molecule has 0 aliphatic heterocycles. The molecule has 0 aromatic heterocycles. The number of para-hydroxylation sites is 1. The van der Waals surface area contributed by atoms with Gasteiger partial charge in [0.25, 0.3) is 5.91 Å². The molecule has 3 N–H and O–H groups in total. The molecule has 0 bridgehead atoms. The number of hydrazine groups is 1. The molecule has 4 heteroatoms. The first-order valence-corrected chi connectivity index (χ1v) is 5.87. The molecule has 4 nitrogen and oxygen atoms in total. The number of nitrogens with one attached hydrogen (secondary N) is 3. The topological polar surface area (TPSA) is 53.2 Å². The van der Waals surface area contributed by atoms with Crippen molar-refractivity contribution in [3.8, 4) is 0 Å². The molecule has 0 radical (unpaired) electrons. The van der Waals surface area contributed by atoms with Crippen LogP contribution < -0.4 is 16.2 Å². The second kappa shape index (κ2) is 5.94. The second-order valence-corrected chi connectivity index (χ2v) is 4.01. The molecule has 0 spiro atoms. The van der Waals surface area contributed by atoms with Gasteiger partial charge in [-0.25, -0.2) is 0 Å². The van der Waals surface area contributed by atoms with Crippen molar-refractivity contribution in [3.05, 3.63) is 42.1 Å². The van der Waals surface area contributed by atoms with Crippen LogP contribution in [0.3, 0.4) is 0 Å². The third kappa shape index (κ3) is 3.83. The summed E-state index contributed by atoms with van der Waals surface area (Å²) in [5.41, 5.74) is 7.67. The van der Waals surface area contributed by atoms with Gasteiger partial charge in [0.1, 0.15) is 0 Å². The monoisotopic (exact) mass is 231 g/mol. The number of hydrogen-bond donors (Lipinski definition) is 3. The first-order valence-electron chi connectivity index (χ1n) is 5.87. The van der Waals surface area contributed by atoms with Gasteiger partial charge < -0.3 is 10.7 Å². The Morgan fingerprint density at radius 2 is 2.06 bits per heavy atom. The number of hydrogen-bond acceptors (Lipinski definition) is 3. The fourth-order valence-corrected chi connectivity index (χ4v) is 1.72. The SMILES string of the molecule is O=C(CNc1ccccc1)NNC1=CCCC1. The zero-order chi connectivity index (χ0) is 11.9. The zero-order valence-electron chi connectivity index (χ0n) is 9.70. The molecular weight excluding hydrogens is 214 g/mol. The van der Waals surface area contributed by atoms with Gasteiger partial charge in [0.05, 0.1) is 6.54 Å². The average molecular weight is 231 g/mol. The highest BCUT2D eigenvalue weighted by Crippen LogP contribution is 2.13. The molecule has 1 aromatic carbocycles. The van der Waals surface area contributed by atoms with Crippen molar-refractivity contribution in [2.75, 3.05) is 11.9 Å². The van der Waals surface area contributed by atoms with Crippen LogP contribution in [0, 0.1) is 0 Å². The summed E-state index contributed by atoms with van der Waals surface area (Å²) in [5, 5.41) is 3.05. The quantitative estimate of drug-likeness (QED) is 0.677. The Kier molecular flexibility index (Phi) is 4.02. The van der Waals surface area contributed by atoms with E-state index in [-0.39, 0.29) is 12.5 Å². The third-order valence-electron chi connectivity index (χ3n) is 2.63. The zero-order valence-corrected chi connectivity index (χ0v) is 9.70. The summed E-state index contributed by atoms with van der Waals surface area (Å²) in [7, 11) is 0. The maximum atomic E-state index is 11.5. The van der Waals surface area contributed by atoms with Gasteiger partial charge in [-0.1, -0.05) is 24.3 Å². The Morgan fingerprint density at radius 3 is 2.76 bits per heavy atom. The lowest BCUT2D eigenvalue weighted by atomic mass is 10.3. The number of benzene rings is 1. The number of rotatable bonds is 5. The number of anilines is 1. The van der Waals surface area contributed by atoms with Crippen LogP contribution in [0.25, 0.3) is 0 Å². The highest BCUT2D eigenvalue weighted by molar-refractivity contribution is 5.80. The van der Waals surface area contributed by atoms with E-state index in [0.717, 1.165) is 24.2 Å². The normalized spacial score (nSPS) is 14.0. The van der Waals surface area contributed by atoms with Crippen LogP contribution in [0.2, 0.25) is 0 Å². The second-order valence-electron chi connectivity index (χ2n) is 4.01. The lowest BCUT2D eigenvalue weighted by molar-refractivity contribution is -0.120. The van der Waals surface area contributed by atoms with Crippen LogP contribution in [0.4, 0.5) is 5.69 Å². The standard InChI is InChI=1S/C13H17N3O/c17-13(16-15-12-8-4-5-9-12)10-14-11-6-2-1-3-7-11/h1-3,6-8,14-15H,4-5,9-10H2,(H,16,17). The molecule has 1 aromatic rings. The predicted molar refractivity (Wildman–Crippen MR) is 68.1 cm³/mol. The molecule has 1 aliphatic rings. The third-order valence-corrected chi connectivity index (χ3v) is 2.63. The van der Waals surface area contributed by atoms with Crippen LogP contribution in [0.15, 0.2) is 42.1 Å². The lowest BCUT2D eigenvalue weighted by Gasteiger charge is -2.10. The van der Waals surface area contributed by atoms with Gasteiger partial charge in [-0.15, -0.1) is 0 Å². The maximum Gasteiger partial charge on any atom is 0.257 e. The predicted octanol–water partition coefficient (Wildman–Crippen LogP) is 1.79.